The second-order valence-corrected chi connectivity index (χ2v) is 8.83. The zero-order chi connectivity index (χ0) is 25.8. The maximum Gasteiger partial charge on any atom is 0.328 e. The summed E-state index contributed by atoms with van der Waals surface area (Å²) < 4.78 is 18.2. The van der Waals surface area contributed by atoms with Crippen LogP contribution in [0.3, 0.4) is 0 Å². The van der Waals surface area contributed by atoms with Gasteiger partial charge in [-0.05, 0) is 42.0 Å². The number of nitrogens with one attached hydrogen (secondary N) is 4. The standard InChI is InChI=1S/C23H20FN5O6S/c1-35-14-8-2-11(3-9-14)18(17-20(32)27-22(34)28-21(17)33)26-23-29-19(31)15(36-23)10-16(30)25-13-6-4-12(24)5-7-13/h2-9,15,18H,10H2,1H3,(H,25,30)(H,26,29,31)(H3,27,28,32,33,34)/t15-,18+/m1/s1. The Morgan fingerprint density at radius 2 is 1.83 bits per heavy atom. The van der Waals surface area contributed by atoms with Crippen molar-refractivity contribution in [3.05, 3.63) is 86.3 Å². The summed E-state index contributed by atoms with van der Waals surface area (Å²) in [5, 5.41) is 14.8. The molecule has 186 valence electrons. The van der Waals surface area contributed by atoms with Crippen molar-refractivity contribution < 1.29 is 23.8 Å². The summed E-state index contributed by atoms with van der Waals surface area (Å²) in [7, 11) is 1.49. The summed E-state index contributed by atoms with van der Waals surface area (Å²) in [6, 6.07) is 10.6. The molecule has 4 rings (SSSR count). The van der Waals surface area contributed by atoms with Gasteiger partial charge in [0.2, 0.25) is 17.7 Å². The fourth-order valence-electron chi connectivity index (χ4n) is 3.46. The number of carbonyl (C=O) groups excluding carboxylic acids is 2. The average molecular weight is 514 g/mol. The van der Waals surface area contributed by atoms with E-state index < -0.39 is 46.1 Å². The van der Waals surface area contributed by atoms with Crippen molar-refractivity contribution in [1.82, 2.24) is 15.3 Å². The lowest BCUT2D eigenvalue weighted by Gasteiger charge is -2.15. The number of aromatic amines is 2. The van der Waals surface area contributed by atoms with Crippen LogP contribution in [-0.4, -0.2) is 44.4 Å². The molecule has 0 saturated carbocycles. The largest absolute Gasteiger partial charge is 0.497 e. The number of rotatable bonds is 7. The number of aliphatic imine (C=N–C) groups is 1. The molecule has 0 radical (unpaired) electrons. The van der Waals surface area contributed by atoms with Crippen molar-refractivity contribution in [2.75, 3.05) is 12.4 Å². The minimum absolute atomic E-state index is 0.116. The molecule has 0 aliphatic carbocycles. The molecule has 2 amide bonds. The molecule has 13 heteroatoms. The maximum absolute atomic E-state index is 13.1. The zero-order valence-electron chi connectivity index (χ0n) is 18.7. The number of amidine groups is 1. The first-order valence-electron chi connectivity index (χ1n) is 10.5. The van der Waals surface area contributed by atoms with Crippen LogP contribution in [0.4, 0.5) is 10.1 Å². The number of methoxy groups -OCH3 is 1. The van der Waals surface area contributed by atoms with Crippen LogP contribution < -0.4 is 26.6 Å². The summed E-state index contributed by atoms with van der Waals surface area (Å²) in [6.07, 6.45) is -0.190. The van der Waals surface area contributed by atoms with E-state index in [2.05, 4.69) is 25.6 Å². The number of ether oxygens (including phenoxy) is 1. The predicted octanol–water partition coefficient (Wildman–Crippen LogP) is 1.62. The van der Waals surface area contributed by atoms with Crippen LogP contribution in [0.2, 0.25) is 0 Å². The van der Waals surface area contributed by atoms with Gasteiger partial charge in [-0.15, -0.1) is 0 Å². The Hall–Kier alpha value is -4.39. The Labute approximate surface area is 206 Å². The van der Waals surface area contributed by atoms with Gasteiger partial charge in [0, 0.05) is 12.1 Å². The van der Waals surface area contributed by atoms with Crippen LogP contribution in [-0.2, 0) is 9.59 Å². The fourth-order valence-corrected chi connectivity index (χ4v) is 4.46. The second kappa shape index (κ2) is 10.5. The van der Waals surface area contributed by atoms with E-state index in [1.165, 1.54) is 31.4 Å². The van der Waals surface area contributed by atoms with Gasteiger partial charge in [-0.2, -0.15) is 0 Å². The molecule has 0 spiro atoms. The lowest BCUT2D eigenvalue weighted by molar-refractivity contribution is -0.122. The van der Waals surface area contributed by atoms with Gasteiger partial charge in [0.25, 0.3) is 5.56 Å². The summed E-state index contributed by atoms with van der Waals surface area (Å²) >= 11 is 0.978. The van der Waals surface area contributed by atoms with E-state index in [1.54, 1.807) is 24.3 Å². The number of carbonyl (C=O) groups is 2. The number of thioether (sulfide) groups is 1. The van der Waals surface area contributed by atoms with Crippen LogP contribution in [0.1, 0.15) is 23.6 Å². The lowest BCUT2D eigenvalue weighted by atomic mass is 10.0. The highest BCUT2D eigenvalue weighted by atomic mass is 32.2. The third kappa shape index (κ3) is 5.63. The fraction of sp³-hybridized carbons (Fsp3) is 0.174. The molecule has 2 atom stereocenters. The van der Waals surface area contributed by atoms with Crippen LogP contribution in [0.5, 0.6) is 11.6 Å². The second-order valence-electron chi connectivity index (χ2n) is 7.64. The molecule has 36 heavy (non-hydrogen) atoms. The minimum atomic E-state index is -1.11. The van der Waals surface area contributed by atoms with Gasteiger partial charge in [0.15, 0.2) is 5.17 Å². The van der Waals surface area contributed by atoms with Crippen molar-refractivity contribution in [3.8, 4) is 11.6 Å². The first-order chi connectivity index (χ1) is 17.2. The van der Waals surface area contributed by atoms with Crippen LogP contribution in [0.25, 0.3) is 0 Å². The summed E-state index contributed by atoms with van der Waals surface area (Å²) in [5.74, 6) is -1.50. The molecule has 1 aliphatic rings. The van der Waals surface area contributed by atoms with Gasteiger partial charge in [0.05, 0.1) is 7.11 Å². The Bertz CT molecular complexity index is 1440. The maximum atomic E-state index is 13.1. The van der Waals surface area contributed by atoms with E-state index in [-0.39, 0.29) is 17.2 Å². The molecule has 1 aliphatic heterocycles. The van der Waals surface area contributed by atoms with E-state index >= 15 is 0 Å². The number of aromatic nitrogens is 2. The SMILES string of the molecule is COc1ccc([C@H](N=C2NC(=O)[C@@H](CC(=O)Nc3ccc(F)cc3)S2)c2c(O)[nH]c(=O)[nH]c2=O)cc1. The number of anilines is 1. The number of benzene rings is 2. The number of amides is 2. The van der Waals surface area contributed by atoms with Gasteiger partial charge < -0.3 is 20.5 Å². The highest BCUT2D eigenvalue weighted by Crippen LogP contribution is 2.32. The van der Waals surface area contributed by atoms with Gasteiger partial charge >= 0.3 is 5.69 Å². The average Bonchev–Trinajstić information content (AvgIpc) is 3.17. The Kier molecular flexibility index (Phi) is 7.20. The van der Waals surface area contributed by atoms with Crippen molar-refractivity contribution in [1.29, 1.82) is 0 Å². The van der Waals surface area contributed by atoms with E-state index in [1.807, 2.05) is 0 Å². The van der Waals surface area contributed by atoms with Gasteiger partial charge in [-0.25, -0.2) is 14.2 Å². The molecule has 11 nitrogen and oxygen atoms in total. The molecule has 5 N–H and O–H groups in total. The van der Waals surface area contributed by atoms with Crippen molar-refractivity contribution >= 4 is 34.4 Å². The number of halogens is 1. The molecule has 3 aromatic rings. The molecular weight excluding hydrogens is 493 g/mol. The molecule has 0 unspecified atom stereocenters. The topological polar surface area (TPSA) is 166 Å². The summed E-state index contributed by atoms with van der Waals surface area (Å²) in [5.41, 5.74) is -1.14. The third-order valence-electron chi connectivity index (χ3n) is 5.19. The van der Waals surface area contributed by atoms with Gasteiger partial charge in [-0.3, -0.25) is 24.4 Å². The normalized spacial score (nSPS) is 17.0. The molecular formula is C23H20FN5O6S. The Morgan fingerprint density at radius 3 is 2.47 bits per heavy atom. The smallest absolute Gasteiger partial charge is 0.328 e. The first kappa shape index (κ1) is 24.7. The van der Waals surface area contributed by atoms with E-state index in [4.69, 9.17) is 4.74 Å². The zero-order valence-corrected chi connectivity index (χ0v) is 19.5. The molecule has 2 heterocycles. The number of nitrogens with zero attached hydrogens (tertiary/aromatic N) is 1. The molecule has 2 aromatic carbocycles. The third-order valence-corrected chi connectivity index (χ3v) is 6.28. The summed E-state index contributed by atoms with van der Waals surface area (Å²) in [6.45, 7) is 0. The van der Waals surface area contributed by atoms with Crippen LogP contribution in [0.15, 0.2) is 63.1 Å². The number of aromatic hydroxyl groups is 1. The van der Waals surface area contributed by atoms with Gasteiger partial charge in [0.1, 0.15) is 28.4 Å². The van der Waals surface area contributed by atoms with Crippen molar-refractivity contribution in [3.63, 3.8) is 0 Å². The molecule has 1 aromatic heterocycles. The molecule has 0 bridgehead atoms. The van der Waals surface area contributed by atoms with Gasteiger partial charge in [-0.1, -0.05) is 23.9 Å². The van der Waals surface area contributed by atoms with Crippen LogP contribution >= 0.6 is 11.8 Å². The number of hydrogen-bond donors (Lipinski definition) is 5. The van der Waals surface area contributed by atoms with Crippen molar-refractivity contribution in [2.24, 2.45) is 4.99 Å². The Balaban J connectivity index is 1.59. The first-order valence-corrected chi connectivity index (χ1v) is 11.4. The van der Waals surface area contributed by atoms with Crippen LogP contribution in [0, 0.1) is 5.82 Å². The minimum Gasteiger partial charge on any atom is -0.497 e. The highest BCUT2D eigenvalue weighted by molar-refractivity contribution is 8.15. The van der Waals surface area contributed by atoms with Crippen molar-refractivity contribution in [2.45, 2.75) is 17.7 Å². The van der Waals surface area contributed by atoms with E-state index in [9.17, 15) is 28.7 Å². The van der Waals surface area contributed by atoms with E-state index in [0.717, 1.165) is 11.8 Å². The molecule has 1 fully saturated rings. The number of H-pyrrole nitrogens is 2. The highest BCUT2D eigenvalue weighted by Gasteiger charge is 2.33. The Morgan fingerprint density at radius 1 is 1.14 bits per heavy atom. The monoisotopic (exact) mass is 513 g/mol. The quantitative estimate of drug-likeness (QED) is 0.320. The molecule has 1 saturated heterocycles. The summed E-state index contributed by atoms with van der Waals surface area (Å²) in [4.78, 5) is 57.6. The van der Waals surface area contributed by atoms with E-state index in [0.29, 0.717) is 17.0 Å². The lowest BCUT2D eigenvalue weighted by Crippen LogP contribution is -2.29. The number of hydrogen-bond acceptors (Lipinski definition) is 8. The predicted molar refractivity (Wildman–Crippen MR) is 131 cm³/mol.